The second-order valence-corrected chi connectivity index (χ2v) is 6.56. The number of benzene rings is 1. The molecule has 1 amide bonds. The van der Waals surface area contributed by atoms with Crippen molar-refractivity contribution in [1.29, 1.82) is 0 Å². The molecule has 0 fully saturated rings. The van der Waals surface area contributed by atoms with Crippen molar-refractivity contribution in [2.45, 2.75) is 45.4 Å². The first-order valence-corrected chi connectivity index (χ1v) is 7.30. The summed E-state index contributed by atoms with van der Waals surface area (Å²) < 4.78 is 11.7. The Hall–Kier alpha value is -1.07. The zero-order valence-electron chi connectivity index (χ0n) is 12.6. The maximum absolute atomic E-state index is 11.8. The van der Waals surface area contributed by atoms with Crippen LogP contribution < -0.4 is 5.32 Å². The van der Waals surface area contributed by atoms with Gasteiger partial charge in [0, 0.05) is 11.6 Å². The molecular weight excluding hydrogens is 322 g/mol. The molecule has 1 rings (SSSR count). The monoisotopic (exact) mass is 343 g/mol. The van der Waals surface area contributed by atoms with E-state index in [1.54, 1.807) is 7.11 Å². The van der Waals surface area contributed by atoms with Crippen LogP contribution in [0.2, 0.25) is 0 Å². The number of nitrogens with one attached hydrogen (secondary N) is 1. The third-order valence-corrected chi connectivity index (χ3v) is 3.18. The van der Waals surface area contributed by atoms with Gasteiger partial charge in [-0.1, -0.05) is 28.1 Å². The van der Waals surface area contributed by atoms with Crippen molar-refractivity contribution in [3.8, 4) is 0 Å². The normalized spacial score (nSPS) is 14.5. The Morgan fingerprint density at radius 2 is 1.80 bits per heavy atom. The number of carbonyl (C=O) groups is 1. The van der Waals surface area contributed by atoms with E-state index in [1.165, 1.54) is 0 Å². The number of rotatable bonds is 4. The predicted molar refractivity (Wildman–Crippen MR) is 82.7 cm³/mol. The summed E-state index contributed by atoms with van der Waals surface area (Å²) >= 11 is 3.40. The fourth-order valence-corrected chi connectivity index (χ4v) is 2.11. The lowest BCUT2D eigenvalue weighted by Gasteiger charge is -2.26. The van der Waals surface area contributed by atoms with E-state index in [1.807, 2.05) is 52.0 Å². The number of amides is 1. The Kier molecular flexibility index (Phi) is 6.02. The van der Waals surface area contributed by atoms with E-state index < -0.39 is 11.7 Å². The third kappa shape index (κ3) is 5.51. The molecule has 0 aliphatic heterocycles. The van der Waals surface area contributed by atoms with Crippen molar-refractivity contribution in [3.05, 3.63) is 34.3 Å². The topological polar surface area (TPSA) is 47.6 Å². The Bertz CT molecular complexity index is 439. The minimum Gasteiger partial charge on any atom is -0.444 e. The molecule has 0 bridgehead atoms. The van der Waals surface area contributed by atoms with Crippen LogP contribution in [0.4, 0.5) is 4.79 Å². The van der Waals surface area contributed by atoms with E-state index in [-0.39, 0.29) is 12.1 Å². The van der Waals surface area contributed by atoms with Gasteiger partial charge >= 0.3 is 6.09 Å². The Morgan fingerprint density at radius 3 is 2.25 bits per heavy atom. The second-order valence-electron chi connectivity index (χ2n) is 5.64. The molecule has 2 unspecified atom stereocenters. The molecule has 4 nitrogen and oxygen atoms in total. The van der Waals surface area contributed by atoms with Gasteiger partial charge in [0.1, 0.15) is 11.7 Å². The second kappa shape index (κ2) is 7.09. The van der Waals surface area contributed by atoms with E-state index in [0.29, 0.717) is 0 Å². The lowest BCUT2D eigenvalue weighted by Crippen LogP contribution is -2.41. The number of alkyl carbamates (subject to hydrolysis) is 1. The third-order valence-electron chi connectivity index (χ3n) is 2.65. The SMILES string of the molecule is COC(c1ccc(Br)cc1)C(C)NC(=O)OC(C)(C)C. The van der Waals surface area contributed by atoms with Crippen LogP contribution in [0.15, 0.2) is 28.7 Å². The van der Waals surface area contributed by atoms with Gasteiger partial charge < -0.3 is 14.8 Å². The van der Waals surface area contributed by atoms with E-state index in [2.05, 4.69) is 21.2 Å². The first-order chi connectivity index (χ1) is 9.23. The first kappa shape index (κ1) is 17.0. The van der Waals surface area contributed by atoms with Crippen molar-refractivity contribution in [2.75, 3.05) is 7.11 Å². The summed E-state index contributed by atoms with van der Waals surface area (Å²) in [7, 11) is 1.62. The number of methoxy groups -OCH3 is 1. The number of ether oxygens (including phenoxy) is 2. The van der Waals surface area contributed by atoms with E-state index in [4.69, 9.17) is 9.47 Å². The Balaban J connectivity index is 2.70. The van der Waals surface area contributed by atoms with Crippen molar-refractivity contribution in [2.24, 2.45) is 0 Å². The zero-order valence-corrected chi connectivity index (χ0v) is 14.2. The predicted octanol–water partition coefficient (Wildman–Crippen LogP) is 4.05. The minimum atomic E-state index is -0.510. The number of hydrogen-bond acceptors (Lipinski definition) is 3. The van der Waals surface area contributed by atoms with E-state index in [0.717, 1.165) is 10.0 Å². The van der Waals surface area contributed by atoms with E-state index in [9.17, 15) is 4.79 Å². The standard InChI is InChI=1S/C15H22BrNO3/c1-10(17-14(18)20-15(2,3)4)13(19-5)11-6-8-12(16)9-7-11/h6-10,13H,1-5H3,(H,17,18). The van der Waals surface area contributed by atoms with Crippen molar-refractivity contribution in [1.82, 2.24) is 5.32 Å². The molecule has 0 aliphatic rings. The number of halogens is 1. The van der Waals surface area contributed by atoms with Crippen molar-refractivity contribution in [3.63, 3.8) is 0 Å². The smallest absolute Gasteiger partial charge is 0.407 e. The van der Waals surface area contributed by atoms with Crippen LogP contribution in [0.25, 0.3) is 0 Å². The van der Waals surface area contributed by atoms with Crippen LogP contribution in [0, 0.1) is 0 Å². The summed E-state index contributed by atoms with van der Waals surface area (Å²) in [5.41, 5.74) is 0.489. The molecule has 0 aliphatic carbocycles. The van der Waals surface area contributed by atoms with Gasteiger partial charge in [-0.25, -0.2) is 4.79 Å². The van der Waals surface area contributed by atoms with Gasteiger partial charge in [-0.3, -0.25) is 0 Å². The van der Waals surface area contributed by atoms with Gasteiger partial charge in [0.25, 0.3) is 0 Å². The fraction of sp³-hybridized carbons (Fsp3) is 0.533. The van der Waals surface area contributed by atoms with Gasteiger partial charge in [-0.15, -0.1) is 0 Å². The molecule has 1 aromatic carbocycles. The highest BCUT2D eigenvalue weighted by atomic mass is 79.9. The molecule has 1 aromatic rings. The maximum atomic E-state index is 11.8. The molecule has 0 radical (unpaired) electrons. The zero-order chi connectivity index (χ0) is 15.3. The van der Waals surface area contributed by atoms with Crippen LogP contribution in [0.3, 0.4) is 0 Å². The first-order valence-electron chi connectivity index (χ1n) is 6.50. The number of hydrogen-bond donors (Lipinski definition) is 1. The summed E-state index contributed by atoms with van der Waals surface area (Å²) in [4.78, 5) is 11.8. The Labute approximate surface area is 129 Å². The lowest BCUT2D eigenvalue weighted by atomic mass is 10.0. The summed E-state index contributed by atoms with van der Waals surface area (Å²) in [5, 5.41) is 2.80. The van der Waals surface area contributed by atoms with E-state index >= 15 is 0 Å². The number of carbonyl (C=O) groups excluding carboxylic acids is 1. The lowest BCUT2D eigenvalue weighted by molar-refractivity contribution is 0.0356. The maximum Gasteiger partial charge on any atom is 0.407 e. The largest absolute Gasteiger partial charge is 0.444 e. The van der Waals surface area contributed by atoms with Crippen LogP contribution in [-0.2, 0) is 9.47 Å². The molecule has 1 N–H and O–H groups in total. The molecule has 5 heteroatoms. The van der Waals surface area contributed by atoms with Crippen molar-refractivity contribution >= 4 is 22.0 Å². The van der Waals surface area contributed by atoms with Crippen LogP contribution >= 0.6 is 15.9 Å². The van der Waals surface area contributed by atoms with Gasteiger partial charge in [-0.2, -0.15) is 0 Å². The quantitative estimate of drug-likeness (QED) is 0.896. The molecule has 2 atom stereocenters. The van der Waals surface area contributed by atoms with Crippen LogP contribution in [0.5, 0.6) is 0 Å². The highest BCUT2D eigenvalue weighted by molar-refractivity contribution is 9.10. The summed E-state index contributed by atoms with van der Waals surface area (Å²) in [6.07, 6.45) is -0.667. The summed E-state index contributed by atoms with van der Waals surface area (Å²) in [6.45, 7) is 7.39. The van der Waals surface area contributed by atoms with Gasteiger partial charge in [-0.05, 0) is 45.4 Å². The molecule has 0 saturated heterocycles. The molecule has 0 aromatic heterocycles. The molecule has 0 saturated carbocycles. The van der Waals surface area contributed by atoms with Gasteiger partial charge in [0.15, 0.2) is 0 Å². The summed E-state index contributed by atoms with van der Waals surface area (Å²) in [6, 6.07) is 7.62. The molecule has 0 spiro atoms. The van der Waals surface area contributed by atoms with Gasteiger partial charge in [0.05, 0.1) is 6.04 Å². The van der Waals surface area contributed by atoms with Gasteiger partial charge in [0.2, 0.25) is 0 Å². The molecule has 20 heavy (non-hydrogen) atoms. The molecule has 112 valence electrons. The minimum absolute atomic E-state index is 0.198. The highest BCUT2D eigenvalue weighted by Gasteiger charge is 2.23. The summed E-state index contributed by atoms with van der Waals surface area (Å²) in [5.74, 6) is 0. The van der Waals surface area contributed by atoms with Crippen molar-refractivity contribution < 1.29 is 14.3 Å². The highest BCUT2D eigenvalue weighted by Crippen LogP contribution is 2.23. The Morgan fingerprint density at radius 1 is 1.25 bits per heavy atom. The average molecular weight is 344 g/mol. The fourth-order valence-electron chi connectivity index (χ4n) is 1.85. The molecular formula is C15H22BrNO3. The van der Waals surface area contributed by atoms with Crippen LogP contribution in [-0.4, -0.2) is 24.8 Å². The molecule has 0 heterocycles. The average Bonchev–Trinajstić information content (AvgIpc) is 2.29. The van der Waals surface area contributed by atoms with Crippen LogP contribution in [0.1, 0.15) is 39.4 Å².